The molecule has 1 aliphatic heterocycles. The Labute approximate surface area is 76.7 Å². The van der Waals surface area contributed by atoms with Gasteiger partial charge in [-0.3, -0.25) is 0 Å². The van der Waals surface area contributed by atoms with Crippen LogP contribution in [0.2, 0.25) is 0 Å². The zero-order valence-corrected chi connectivity index (χ0v) is 7.53. The molecule has 0 aromatic rings. The van der Waals surface area contributed by atoms with Gasteiger partial charge in [-0.1, -0.05) is 5.18 Å². The molecular formula is C8H15FN2O2. The van der Waals surface area contributed by atoms with Gasteiger partial charge in [-0.05, 0) is 12.8 Å². The molecule has 0 spiro atoms. The smallest absolute Gasteiger partial charge is 0.138 e. The Morgan fingerprint density at radius 3 is 2.92 bits per heavy atom. The van der Waals surface area contributed by atoms with Crippen LogP contribution in [-0.4, -0.2) is 48.5 Å². The lowest BCUT2D eigenvalue weighted by Crippen LogP contribution is -2.44. The highest BCUT2D eigenvalue weighted by molar-refractivity contribution is 4.84. The van der Waals surface area contributed by atoms with Crippen LogP contribution >= 0.6 is 0 Å². The van der Waals surface area contributed by atoms with Gasteiger partial charge in [-0.2, -0.15) is 4.91 Å². The third kappa shape index (κ3) is 3.00. The van der Waals surface area contributed by atoms with Crippen molar-refractivity contribution >= 4 is 0 Å². The predicted octanol–water partition coefficient (Wildman–Crippen LogP) is 0.548. The van der Waals surface area contributed by atoms with Crippen LogP contribution in [0.1, 0.15) is 12.8 Å². The molecule has 1 aliphatic rings. The Hall–Kier alpha value is -0.550. The maximum atomic E-state index is 13.1. The van der Waals surface area contributed by atoms with Crippen molar-refractivity contribution in [3.05, 3.63) is 4.91 Å². The number of hydrogen-bond donors (Lipinski definition) is 1. The number of alkyl halides is 1. The number of aliphatic hydroxyl groups excluding tert-OH is 1. The van der Waals surface area contributed by atoms with Crippen molar-refractivity contribution in [2.45, 2.75) is 25.1 Å². The van der Waals surface area contributed by atoms with E-state index in [1.165, 1.54) is 0 Å². The number of halogens is 1. The maximum Gasteiger partial charge on any atom is 0.138 e. The summed E-state index contributed by atoms with van der Waals surface area (Å²) in [5.74, 6) is 0. The first kappa shape index (κ1) is 10.5. The molecule has 0 aromatic heterocycles. The molecule has 1 heterocycles. The average molecular weight is 190 g/mol. The zero-order valence-electron chi connectivity index (χ0n) is 7.53. The Bertz CT molecular complexity index is 168. The average Bonchev–Trinajstić information content (AvgIpc) is 2.15. The van der Waals surface area contributed by atoms with Crippen LogP contribution in [0.4, 0.5) is 4.39 Å². The van der Waals surface area contributed by atoms with Crippen LogP contribution in [0.5, 0.6) is 0 Å². The van der Waals surface area contributed by atoms with Crippen LogP contribution in [0.25, 0.3) is 0 Å². The standard InChI is InChI=1S/C8H15FN2O2/c9-7-6-11(3-1-5-12)4-2-8(7)10-13/h7-8,12H,1-6H2. The van der Waals surface area contributed by atoms with E-state index in [9.17, 15) is 9.30 Å². The Morgan fingerprint density at radius 1 is 1.62 bits per heavy atom. The second kappa shape index (κ2) is 5.24. The van der Waals surface area contributed by atoms with Crippen molar-refractivity contribution in [2.75, 3.05) is 26.2 Å². The van der Waals surface area contributed by atoms with Crippen molar-refractivity contribution in [1.29, 1.82) is 0 Å². The molecule has 13 heavy (non-hydrogen) atoms. The van der Waals surface area contributed by atoms with E-state index >= 15 is 0 Å². The van der Waals surface area contributed by atoms with Crippen molar-refractivity contribution in [3.8, 4) is 0 Å². The minimum absolute atomic E-state index is 0.128. The van der Waals surface area contributed by atoms with Gasteiger partial charge in [0, 0.05) is 26.2 Å². The monoisotopic (exact) mass is 190 g/mol. The Morgan fingerprint density at radius 2 is 2.38 bits per heavy atom. The van der Waals surface area contributed by atoms with Crippen LogP contribution in [0.3, 0.4) is 0 Å². The van der Waals surface area contributed by atoms with E-state index in [4.69, 9.17) is 5.11 Å². The van der Waals surface area contributed by atoms with E-state index < -0.39 is 12.2 Å². The summed E-state index contributed by atoms with van der Waals surface area (Å²) in [6, 6.07) is -0.662. The number of nitroso groups, excluding NO2 is 1. The first-order valence-electron chi connectivity index (χ1n) is 4.57. The van der Waals surface area contributed by atoms with Crippen molar-refractivity contribution in [2.24, 2.45) is 5.18 Å². The molecular weight excluding hydrogens is 175 g/mol. The van der Waals surface area contributed by atoms with Crippen LogP contribution < -0.4 is 0 Å². The summed E-state index contributed by atoms with van der Waals surface area (Å²) in [5.41, 5.74) is 0. The van der Waals surface area contributed by atoms with Gasteiger partial charge in [0.15, 0.2) is 0 Å². The quantitative estimate of drug-likeness (QED) is 0.658. The molecule has 0 saturated carbocycles. The lowest BCUT2D eigenvalue weighted by molar-refractivity contribution is 0.112. The zero-order chi connectivity index (χ0) is 9.68. The van der Waals surface area contributed by atoms with Crippen molar-refractivity contribution in [3.63, 3.8) is 0 Å². The molecule has 2 atom stereocenters. The summed E-state index contributed by atoms with van der Waals surface area (Å²) < 4.78 is 13.1. The number of likely N-dealkylation sites (tertiary alicyclic amines) is 1. The number of aliphatic hydroxyl groups is 1. The molecule has 0 aromatic carbocycles. The fraction of sp³-hybridized carbons (Fsp3) is 1.00. The van der Waals surface area contributed by atoms with Gasteiger partial charge >= 0.3 is 0 Å². The molecule has 76 valence electrons. The summed E-state index contributed by atoms with van der Waals surface area (Å²) >= 11 is 0. The van der Waals surface area contributed by atoms with E-state index in [2.05, 4.69) is 5.18 Å². The molecule has 1 rings (SSSR count). The largest absolute Gasteiger partial charge is 0.396 e. The molecule has 1 N–H and O–H groups in total. The van der Waals surface area contributed by atoms with Gasteiger partial charge in [0.2, 0.25) is 0 Å². The summed E-state index contributed by atoms with van der Waals surface area (Å²) in [6.07, 6.45) is 0.0204. The second-order valence-corrected chi connectivity index (χ2v) is 3.36. The summed E-state index contributed by atoms with van der Waals surface area (Å²) in [5, 5.41) is 11.3. The van der Waals surface area contributed by atoms with Gasteiger partial charge in [0.25, 0.3) is 0 Å². The van der Waals surface area contributed by atoms with E-state index in [1.807, 2.05) is 4.90 Å². The normalized spacial score (nSPS) is 30.3. The summed E-state index contributed by atoms with van der Waals surface area (Å²) in [4.78, 5) is 12.1. The van der Waals surface area contributed by atoms with Gasteiger partial charge in [0.05, 0.1) is 0 Å². The maximum absolute atomic E-state index is 13.1. The highest BCUT2D eigenvalue weighted by Gasteiger charge is 2.29. The van der Waals surface area contributed by atoms with Gasteiger partial charge in [-0.15, -0.1) is 0 Å². The molecule has 4 nitrogen and oxygen atoms in total. The van der Waals surface area contributed by atoms with Crippen LogP contribution in [0.15, 0.2) is 5.18 Å². The van der Waals surface area contributed by atoms with Gasteiger partial charge in [-0.25, -0.2) is 4.39 Å². The summed E-state index contributed by atoms with van der Waals surface area (Å²) in [6.45, 7) is 1.80. The molecule has 5 heteroatoms. The molecule has 0 radical (unpaired) electrons. The first-order chi connectivity index (χ1) is 6.27. The molecule has 0 amide bonds. The Balaban J connectivity index is 2.28. The minimum Gasteiger partial charge on any atom is -0.396 e. The highest BCUT2D eigenvalue weighted by atomic mass is 19.1. The number of nitrogens with zero attached hydrogens (tertiary/aromatic N) is 2. The van der Waals surface area contributed by atoms with Crippen LogP contribution in [0, 0.1) is 4.91 Å². The lowest BCUT2D eigenvalue weighted by atomic mass is 10.0. The fourth-order valence-corrected chi connectivity index (χ4v) is 1.57. The van der Waals surface area contributed by atoms with E-state index in [0.717, 1.165) is 0 Å². The minimum atomic E-state index is -1.13. The Kier molecular flexibility index (Phi) is 4.24. The molecule has 1 saturated heterocycles. The predicted molar refractivity (Wildman–Crippen MR) is 47.2 cm³/mol. The number of rotatable bonds is 4. The van der Waals surface area contributed by atoms with Crippen LogP contribution in [-0.2, 0) is 0 Å². The summed E-state index contributed by atoms with van der Waals surface area (Å²) in [7, 11) is 0. The molecule has 0 bridgehead atoms. The second-order valence-electron chi connectivity index (χ2n) is 3.36. The topological polar surface area (TPSA) is 52.9 Å². The number of hydrogen-bond acceptors (Lipinski definition) is 4. The van der Waals surface area contributed by atoms with E-state index in [0.29, 0.717) is 25.9 Å². The van der Waals surface area contributed by atoms with Gasteiger partial charge in [0.1, 0.15) is 12.2 Å². The van der Waals surface area contributed by atoms with E-state index in [-0.39, 0.29) is 13.2 Å². The third-order valence-electron chi connectivity index (χ3n) is 2.36. The number of piperidine rings is 1. The highest BCUT2D eigenvalue weighted by Crippen LogP contribution is 2.16. The lowest BCUT2D eigenvalue weighted by Gasteiger charge is -2.31. The SMILES string of the molecule is O=NC1CCN(CCCO)CC1F. The van der Waals surface area contributed by atoms with Gasteiger partial charge < -0.3 is 10.0 Å². The third-order valence-corrected chi connectivity index (χ3v) is 2.36. The first-order valence-corrected chi connectivity index (χ1v) is 4.57. The molecule has 1 fully saturated rings. The fourth-order valence-electron chi connectivity index (χ4n) is 1.57. The van der Waals surface area contributed by atoms with Crippen molar-refractivity contribution < 1.29 is 9.50 Å². The molecule has 0 aliphatic carbocycles. The van der Waals surface area contributed by atoms with Crippen molar-refractivity contribution in [1.82, 2.24) is 4.90 Å². The van der Waals surface area contributed by atoms with E-state index in [1.54, 1.807) is 0 Å². The molecule has 2 unspecified atom stereocenters.